The Morgan fingerprint density at radius 1 is 1.22 bits per heavy atom. The third-order valence-electron chi connectivity index (χ3n) is 6.22. The SMILES string of the molecule is CN[C@H]1CN(c2ccc(C(=O)Nc3cc(F)c4nc(C)cn4c3)c3nn(C)cc23)C[C@@H]1C. The molecule has 0 bridgehead atoms. The molecule has 32 heavy (non-hydrogen) atoms. The largest absolute Gasteiger partial charge is 0.369 e. The van der Waals surface area contributed by atoms with Crippen molar-refractivity contribution >= 4 is 33.8 Å². The maximum atomic E-state index is 14.4. The highest BCUT2D eigenvalue weighted by Crippen LogP contribution is 2.33. The monoisotopic (exact) mass is 435 g/mol. The molecule has 1 fully saturated rings. The zero-order chi connectivity index (χ0) is 22.6. The van der Waals surface area contributed by atoms with Gasteiger partial charge in [-0.1, -0.05) is 6.92 Å². The third-order valence-corrected chi connectivity index (χ3v) is 6.22. The van der Waals surface area contributed by atoms with E-state index < -0.39 is 5.82 Å². The van der Waals surface area contributed by atoms with Crippen LogP contribution in [-0.4, -0.2) is 51.3 Å². The lowest BCUT2D eigenvalue weighted by Gasteiger charge is -2.20. The van der Waals surface area contributed by atoms with E-state index >= 15 is 0 Å². The van der Waals surface area contributed by atoms with E-state index in [1.54, 1.807) is 34.5 Å². The molecule has 1 aliphatic heterocycles. The first-order valence-corrected chi connectivity index (χ1v) is 10.7. The lowest BCUT2D eigenvalue weighted by Crippen LogP contribution is -2.32. The number of nitrogens with one attached hydrogen (secondary N) is 2. The number of amides is 1. The van der Waals surface area contributed by atoms with E-state index in [1.807, 2.05) is 26.4 Å². The summed E-state index contributed by atoms with van der Waals surface area (Å²) < 4.78 is 17.7. The van der Waals surface area contributed by atoms with Crippen molar-refractivity contribution in [3.05, 3.63) is 53.9 Å². The number of aromatic nitrogens is 4. The van der Waals surface area contributed by atoms with Crippen LogP contribution in [0.5, 0.6) is 0 Å². The molecule has 8 nitrogen and oxygen atoms in total. The Bertz CT molecular complexity index is 1340. The number of likely N-dealkylation sites (N-methyl/N-ethyl adjacent to an activating group) is 1. The molecular weight excluding hydrogens is 409 g/mol. The minimum absolute atomic E-state index is 0.233. The first kappa shape index (κ1) is 20.4. The van der Waals surface area contributed by atoms with Crippen molar-refractivity contribution in [2.24, 2.45) is 13.0 Å². The number of hydrogen-bond donors (Lipinski definition) is 2. The molecule has 166 valence electrons. The maximum absolute atomic E-state index is 14.4. The summed E-state index contributed by atoms with van der Waals surface area (Å²) in [4.78, 5) is 19.6. The third kappa shape index (κ3) is 3.38. The van der Waals surface area contributed by atoms with Crippen LogP contribution in [0.3, 0.4) is 0 Å². The van der Waals surface area contributed by atoms with E-state index in [9.17, 15) is 9.18 Å². The lowest BCUT2D eigenvalue weighted by atomic mass is 10.1. The number of aryl methyl sites for hydroxylation is 2. The van der Waals surface area contributed by atoms with Crippen molar-refractivity contribution in [2.75, 3.05) is 30.4 Å². The molecule has 4 heterocycles. The number of benzene rings is 1. The molecule has 3 aromatic heterocycles. The summed E-state index contributed by atoms with van der Waals surface area (Å²) in [5.41, 5.74) is 3.44. The Kier molecular flexibility index (Phi) is 4.85. The Balaban J connectivity index is 1.49. The average molecular weight is 436 g/mol. The molecule has 1 aromatic carbocycles. The zero-order valence-corrected chi connectivity index (χ0v) is 18.6. The van der Waals surface area contributed by atoms with Gasteiger partial charge in [0.25, 0.3) is 5.91 Å². The van der Waals surface area contributed by atoms with Gasteiger partial charge in [-0.05, 0) is 32.0 Å². The molecule has 5 rings (SSSR count). The van der Waals surface area contributed by atoms with Gasteiger partial charge >= 0.3 is 0 Å². The fraction of sp³-hybridized carbons (Fsp3) is 0.348. The van der Waals surface area contributed by atoms with E-state index in [0.717, 1.165) is 24.2 Å². The predicted octanol–water partition coefficient (Wildman–Crippen LogP) is 2.96. The smallest absolute Gasteiger partial charge is 0.257 e. The highest BCUT2D eigenvalue weighted by Gasteiger charge is 2.30. The van der Waals surface area contributed by atoms with Gasteiger partial charge in [0, 0.05) is 61.9 Å². The molecule has 1 amide bonds. The summed E-state index contributed by atoms with van der Waals surface area (Å²) in [6, 6.07) is 5.48. The average Bonchev–Trinajstić information content (AvgIpc) is 3.42. The Hall–Kier alpha value is -3.46. The topological polar surface area (TPSA) is 79.5 Å². The van der Waals surface area contributed by atoms with Crippen LogP contribution in [-0.2, 0) is 7.05 Å². The van der Waals surface area contributed by atoms with Crippen molar-refractivity contribution in [3.63, 3.8) is 0 Å². The van der Waals surface area contributed by atoms with Gasteiger partial charge in [0.1, 0.15) is 5.52 Å². The van der Waals surface area contributed by atoms with Gasteiger partial charge in [-0.15, -0.1) is 0 Å². The Labute approximate surface area is 185 Å². The molecule has 0 unspecified atom stereocenters. The van der Waals surface area contributed by atoms with E-state index in [0.29, 0.717) is 34.4 Å². The molecule has 1 saturated heterocycles. The molecule has 2 N–H and O–H groups in total. The van der Waals surface area contributed by atoms with Gasteiger partial charge in [0.05, 0.1) is 16.9 Å². The maximum Gasteiger partial charge on any atom is 0.257 e. The summed E-state index contributed by atoms with van der Waals surface area (Å²) in [6.07, 6.45) is 5.32. The van der Waals surface area contributed by atoms with Crippen molar-refractivity contribution in [1.29, 1.82) is 0 Å². The van der Waals surface area contributed by atoms with Crippen LogP contribution >= 0.6 is 0 Å². The second-order valence-corrected chi connectivity index (χ2v) is 8.62. The van der Waals surface area contributed by atoms with Gasteiger partial charge in [0.2, 0.25) is 0 Å². The second-order valence-electron chi connectivity index (χ2n) is 8.62. The normalized spacial score (nSPS) is 18.7. The minimum atomic E-state index is -0.489. The number of imidazole rings is 1. The van der Waals surface area contributed by atoms with Crippen molar-refractivity contribution in [1.82, 2.24) is 24.5 Å². The van der Waals surface area contributed by atoms with Crippen LogP contribution in [0.4, 0.5) is 15.8 Å². The quantitative estimate of drug-likeness (QED) is 0.515. The van der Waals surface area contributed by atoms with E-state index in [1.165, 1.54) is 6.07 Å². The number of halogens is 1. The number of anilines is 2. The molecular formula is C23H26FN7O. The second kappa shape index (κ2) is 7.59. The number of carbonyl (C=O) groups is 1. The summed E-state index contributed by atoms with van der Waals surface area (Å²) in [6.45, 7) is 5.87. The molecule has 0 radical (unpaired) electrons. The van der Waals surface area contributed by atoms with Crippen molar-refractivity contribution in [2.45, 2.75) is 19.9 Å². The van der Waals surface area contributed by atoms with E-state index in [4.69, 9.17) is 0 Å². The van der Waals surface area contributed by atoms with Crippen LogP contribution in [0.2, 0.25) is 0 Å². The summed E-state index contributed by atoms with van der Waals surface area (Å²) in [5, 5.41) is 11.7. The van der Waals surface area contributed by atoms with E-state index in [-0.39, 0.29) is 11.6 Å². The first-order chi connectivity index (χ1) is 15.3. The molecule has 9 heteroatoms. The Morgan fingerprint density at radius 3 is 2.78 bits per heavy atom. The number of rotatable bonds is 4. The van der Waals surface area contributed by atoms with Crippen LogP contribution in [0, 0.1) is 18.7 Å². The van der Waals surface area contributed by atoms with Crippen LogP contribution in [0.1, 0.15) is 23.0 Å². The van der Waals surface area contributed by atoms with Gasteiger partial charge in [-0.3, -0.25) is 9.48 Å². The van der Waals surface area contributed by atoms with Gasteiger partial charge in [-0.2, -0.15) is 5.10 Å². The van der Waals surface area contributed by atoms with Crippen molar-refractivity contribution in [3.8, 4) is 0 Å². The predicted molar refractivity (Wildman–Crippen MR) is 123 cm³/mol. The number of fused-ring (bicyclic) bond motifs is 2. The van der Waals surface area contributed by atoms with Crippen LogP contribution in [0.25, 0.3) is 16.6 Å². The first-order valence-electron chi connectivity index (χ1n) is 10.7. The molecule has 1 aliphatic rings. The van der Waals surface area contributed by atoms with Crippen LogP contribution < -0.4 is 15.5 Å². The fourth-order valence-electron chi connectivity index (χ4n) is 4.65. The summed E-state index contributed by atoms with van der Waals surface area (Å²) in [5.74, 6) is -0.304. The standard InChI is InChI=1S/C23H26FN7O/c1-13-8-30(12-19(13)25-3)20-6-5-16(21-17(20)11-29(4)28-21)23(32)27-15-7-18(24)22-26-14(2)9-31(22)10-15/h5-7,9-11,13,19,25H,8,12H2,1-4H3,(H,27,32)/t13-,19-/m0/s1. The number of nitrogens with zero attached hydrogens (tertiary/aromatic N) is 5. The summed E-state index contributed by atoms with van der Waals surface area (Å²) in [7, 11) is 3.84. The van der Waals surface area contributed by atoms with Crippen molar-refractivity contribution < 1.29 is 9.18 Å². The van der Waals surface area contributed by atoms with Gasteiger partial charge in [0.15, 0.2) is 11.5 Å². The molecule has 0 aliphatic carbocycles. The van der Waals surface area contributed by atoms with Crippen LogP contribution in [0.15, 0.2) is 36.8 Å². The number of carbonyl (C=O) groups excluding carboxylic acids is 1. The fourth-order valence-corrected chi connectivity index (χ4v) is 4.65. The van der Waals surface area contributed by atoms with Gasteiger partial charge < -0.3 is 19.9 Å². The highest BCUT2D eigenvalue weighted by molar-refractivity contribution is 6.13. The minimum Gasteiger partial charge on any atom is -0.369 e. The van der Waals surface area contributed by atoms with E-state index in [2.05, 4.69) is 32.5 Å². The van der Waals surface area contributed by atoms with Gasteiger partial charge in [-0.25, -0.2) is 9.37 Å². The number of pyridine rings is 1. The molecule has 0 saturated carbocycles. The lowest BCUT2D eigenvalue weighted by molar-refractivity contribution is 0.102. The zero-order valence-electron chi connectivity index (χ0n) is 18.6. The molecule has 0 spiro atoms. The molecule has 2 atom stereocenters. The molecule has 4 aromatic rings. The highest BCUT2D eigenvalue weighted by atomic mass is 19.1. The summed E-state index contributed by atoms with van der Waals surface area (Å²) >= 11 is 0. The Morgan fingerprint density at radius 2 is 2.03 bits per heavy atom. The number of hydrogen-bond acceptors (Lipinski definition) is 5.